The number of hydrogen-bond acceptors (Lipinski definition) is 3. The molecule has 1 saturated heterocycles. The van der Waals surface area contributed by atoms with E-state index >= 15 is 0 Å². The first-order valence-corrected chi connectivity index (χ1v) is 4.85. The van der Waals surface area contributed by atoms with E-state index in [0.29, 0.717) is 19.4 Å². The molecule has 1 fully saturated rings. The molecule has 14 heavy (non-hydrogen) atoms. The number of carboxylic acids is 1. The standard InChI is InChI=1S/C10H19NO3/c1-9(2)7-10(8(12)13,11(3)4)5-6-14-9/h5-7H2,1-4H3,(H,12,13). The fourth-order valence-corrected chi connectivity index (χ4v) is 2.10. The van der Waals surface area contributed by atoms with Gasteiger partial charge < -0.3 is 9.84 Å². The third-order valence-electron chi connectivity index (χ3n) is 2.98. The number of hydrogen-bond donors (Lipinski definition) is 1. The van der Waals surface area contributed by atoms with Gasteiger partial charge in [0, 0.05) is 13.0 Å². The van der Waals surface area contributed by atoms with Crippen LogP contribution in [0.1, 0.15) is 26.7 Å². The number of aliphatic carboxylic acids is 1. The van der Waals surface area contributed by atoms with Crippen LogP contribution in [0.4, 0.5) is 0 Å². The van der Waals surface area contributed by atoms with Crippen molar-refractivity contribution in [2.75, 3.05) is 20.7 Å². The summed E-state index contributed by atoms with van der Waals surface area (Å²) in [6, 6.07) is 0. The average molecular weight is 201 g/mol. The molecule has 0 bridgehead atoms. The average Bonchev–Trinajstić information content (AvgIpc) is 2.01. The zero-order valence-corrected chi connectivity index (χ0v) is 9.33. The summed E-state index contributed by atoms with van der Waals surface area (Å²) >= 11 is 0. The zero-order valence-electron chi connectivity index (χ0n) is 9.33. The van der Waals surface area contributed by atoms with E-state index in [2.05, 4.69) is 0 Å². The molecule has 1 aliphatic rings. The second-order valence-electron chi connectivity index (χ2n) is 4.77. The molecule has 1 rings (SSSR count). The molecule has 1 atom stereocenters. The van der Waals surface area contributed by atoms with Gasteiger partial charge in [-0.2, -0.15) is 0 Å². The molecular formula is C10H19NO3. The van der Waals surface area contributed by atoms with E-state index in [1.807, 2.05) is 27.9 Å². The smallest absolute Gasteiger partial charge is 0.324 e. The van der Waals surface area contributed by atoms with E-state index in [9.17, 15) is 9.90 Å². The monoisotopic (exact) mass is 201 g/mol. The predicted molar refractivity (Wildman–Crippen MR) is 53.3 cm³/mol. The number of ether oxygens (including phenoxy) is 1. The van der Waals surface area contributed by atoms with Gasteiger partial charge in [-0.25, -0.2) is 0 Å². The Hall–Kier alpha value is -0.610. The van der Waals surface area contributed by atoms with Crippen molar-refractivity contribution in [3.8, 4) is 0 Å². The Morgan fingerprint density at radius 1 is 1.43 bits per heavy atom. The van der Waals surface area contributed by atoms with Crippen LogP contribution in [-0.2, 0) is 9.53 Å². The van der Waals surface area contributed by atoms with Gasteiger partial charge in [0.1, 0.15) is 5.54 Å². The van der Waals surface area contributed by atoms with Crippen molar-refractivity contribution in [1.82, 2.24) is 4.90 Å². The SMILES string of the molecule is CN(C)C1(C(=O)O)CCOC(C)(C)C1. The minimum atomic E-state index is -0.762. The molecule has 0 aromatic carbocycles. The molecule has 0 radical (unpaired) electrons. The molecule has 0 aromatic heterocycles. The third-order valence-corrected chi connectivity index (χ3v) is 2.98. The van der Waals surface area contributed by atoms with Crippen molar-refractivity contribution < 1.29 is 14.6 Å². The molecule has 1 N–H and O–H groups in total. The summed E-state index contributed by atoms with van der Waals surface area (Å²) in [6.45, 7) is 4.39. The maximum atomic E-state index is 11.3. The third kappa shape index (κ3) is 1.91. The van der Waals surface area contributed by atoms with Crippen molar-refractivity contribution in [2.45, 2.75) is 37.8 Å². The largest absolute Gasteiger partial charge is 0.480 e. The van der Waals surface area contributed by atoms with Crippen LogP contribution in [0, 0.1) is 0 Å². The van der Waals surface area contributed by atoms with Gasteiger partial charge in [-0.05, 0) is 34.4 Å². The normalized spacial score (nSPS) is 31.8. The Kier molecular flexibility index (Phi) is 2.88. The zero-order chi connectivity index (χ0) is 11.0. The summed E-state index contributed by atoms with van der Waals surface area (Å²) < 4.78 is 5.53. The Balaban J connectivity index is 2.94. The van der Waals surface area contributed by atoms with E-state index < -0.39 is 11.5 Å². The molecule has 0 aliphatic carbocycles. The first kappa shape index (κ1) is 11.5. The minimum absolute atomic E-state index is 0.346. The quantitative estimate of drug-likeness (QED) is 0.723. The van der Waals surface area contributed by atoms with Gasteiger partial charge in [-0.3, -0.25) is 9.69 Å². The van der Waals surface area contributed by atoms with Crippen LogP contribution in [0.15, 0.2) is 0 Å². The lowest BCUT2D eigenvalue weighted by atomic mass is 9.80. The van der Waals surface area contributed by atoms with Crippen LogP contribution in [0.5, 0.6) is 0 Å². The molecule has 0 spiro atoms. The molecule has 0 aromatic rings. The summed E-state index contributed by atoms with van der Waals surface area (Å²) in [7, 11) is 3.63. The molecule has 4 heteroatoms. The molecule has 4 nitrogen and oxygen atoms in total. The van der Waals surface area contributed by atoms with Crippen molar-refractivity contribution >= 4 is 5.97 Å². The summed E-state index contributed by atoms with van der Waals surface area (Å²) in [5.74, 6) is -0.751. The van der Waals surface area contributed by atoms with E-state index in [1.54, 1.807) is 4.90 Å². The van der Waals surface area contributed by atoms with Crippen LogP contribution in [0.3, 0.4) is 0 Å². The van der Waals surface area contributed by atoms with E-state index in [0.717, 1.165) is 0 Å². The fourth-order valence-electron chi connectivity index (χ4n) is 2.10. The second-order valence-corrected chi connectivity index (χ2v) is 4.77. The van der Waals surface area contributed by atoms with Crippen LogP contribution < -0.4 is 0 Å². The van der Waals surface area contributed by atoms with Crippen molar-refractivity contribution in [2.24, 2.45) is 0 Å². The van der Waals surface area contributed by atoms with Crippen LogP contribution in [0.25, 0.3) is 0 Å². The lowest BCUT2D eigenvalue weighted by molar-refractivity contribution is -0.168. The highest BCUT2D eigenvalue weighted by Crippen LogP contribution is 2.35. The van der Waals surface area contributed by atoms with Crippen molar-refractivity contribution in [1.29, 1.82) is 0 Å². The molecule has 0 saturated carbocycles. The van der Waals surface area contributed by atoms with Crippen LogP contribution in [0.2, 0.25) is 0 Å². The number of carbonyl (C=O) groups is 1. The first-order chi connectivity index (χ1) is 6.30. The van der Waals surface area contributed by atoms with Gasteiger partial charge in [-0.15, -0.1) is 0 Å². The summed E-state index contributed by atoms with van der Waals surface area (Å²) in [5.41, 5.74) is -1.11. The molecule has 82 valence electrons. The van der Waals surface area contributed by atoms with Gasteiger partial charge in [0.25, 0.3) is 0 Å². The second kappa shape index (κ2) is 3.51. The summed E-state index contributed by atoms with van der Waals surface area (Å²) in [5, 5.41) is 9.29. The fraction of sp³-hybridized carbons (Fsp3) is 0.900. The molecule has 1 unspecified atom stereocenters. The lowest BCUT2D eigenvalue weighted by Crippen LogP contribution is -2.58. The molecule has 1 aliphatic heterocycles. The molecular weight excluding hydrogens is 182 g/mol. The van der Waals surface area contributed by atoms with E-state index in [1.165, 1.54) is 0 Å². The first-order valence-electron chi connectivity index (χ1n) is 4.85. The Bertz CT molecular complexity index is 238. The highest BCUT2D eigenvalue weighted by atomic mass is 16.5. The van der Waals surface area contributed by atoms with Crippen LogP contribution >= 0.6 is 0 Å². The molecule has 1 heterocycles. The summed E-state index contributed by atoms with van der Waals surface area (Å²) in [4.78, 5) is 13.1. The number of carboxylic acid groups (broad SMARTS) is 1. The van der Waals surface area contributed by atoms with Gasteiger partial charge in [0.15, 0.2) is 0 Å². The molecule has 0 amide bonds. The maximum Gasteiger partial charge on any atom is 0.324 e. The number of rotatable bonds is 2. The van der Waals surface area contributed by atoms with Crippen molar-refractivity contribution in [3.63, 3.8) is 0 Å². The Morgan fingerprint density at radius 3 is 2.29 bits per heavy atom. The van der Waals surface area contributed by atoms with Crippen molar-refractivity contribution in [3.05, 3.63) is 0 Å². The predicted octanol–water partition coefficient (Wildman–Crippen LogP) is 0.960. The van der Waals surface area contributed by atoms with E-state index in [-0.39, 0.29) is 5.60 Å². The Labute approximate surface area is 84.8 Å². The maximum absolute atomic E-state index is 11.3. The highest BCUT2D eigenvalue weighted by Gasteiger charge is 2.48. The minimum Gasteiger partial charge on any atom is -0.480 e. The van der Waals surface area contributed by atoms with Gasteiger partial charge in [0.05, 0.1) is 5.60 Å². The Morgan fingerprint density at radius 2 is 2.00 bits per heavy atom. The number of nitrogens with zero attached hydrogens (tertiary/aromatic N) is 1. The van der Waals surface area contributed by atoms with Gasteiger partial charge in [-0.1, -0.05) is 0 Å². The van der Waals surface area contributed by atoms with Gasteiger partial charge in [0.2, 0.25) is 0 Å². The highest BCUT2D eigenvalue weighted by molar-refractivity contribution is 5.79. The van der Waals surface area contributed by atoms with Crippen LogP contribution in [-0.4, -0.2) is 47.8 Å². The van der Waals surface area contributed by atoms with E-state index in [4.69, 9.17) is 4.74 Å². The topological polar surface area (TPSA) is 49.8 Å². The lowest BCUT2D eigenvalue weighted by Gasteiger charge is -2.45. The summed E-state index contributed by atoms with van der Waals surface area (Å²) in [6.07, 6.45) is 1.08. The number of likely N-dealkylation sites (N-methyl/N-ethyl adjacent to an activating group) is 1. The van der Waals surface area contributed by atoms with Gasteiger partial charge >= 0.3 is 5.97 Å².